The molecule has 0 bridgehead atoms. The standard InChI is InChI=1S/C16H26O/c1-3-4-5-6-7-8-9-12-15-13-10-11-14(2)16(15)17/h10-11,13,17H,3-9,12H2,1-2H3. The van der Waals surface area contributed by atoms with E-state index in [-0.39, 0.29) is 0 Å². The van der Waals surface area contributed by atoms with Crippen LogP contribution in [0.4, 0.5) is 0 Å². The number of para-hydroxylation sites is 1. The molecule has 0 radical (unpaired) electrons. The van der Waals surface area contributed by atoms with Gasteiger partial charge in [-0.1, -0.05) is 63.6 Å². The summed E-state index contributed by atoms with van der Waals surface area (Å²) in [5.74, 6) is 0.499. The van der Waals surface area contributed by atoms with Crippen molar-refractivity contribution in [1.82, 2.24) is 0 Å². The van der Waals surface area contributed by atoms with Gasteiger partial charge in [0.1, 0.15) is 5.75 Å². The number of unbranched alkanes of at least 4 members (excludes halogenated alkanes) is 6. The number of phenolic OH excluding ortho intramolecular Hbond substituents is 1. The molecule has 1 nitrogen and oxygen atoms in total. The molecule has 0 atom stereocenters. The Labute approximate surface area is 106 Å². The number of benzene rings is 1. The van der Waals surface area contributed by atoms with E-state index in [0.717, 1.165) is 17.5 Å². The van der Waals surface area contributed by atoms with Gasteiger partial charge < -0.3 is 5.11 Å². The van der Waals surface area contributed by atoms with Crippen molar-refractivity contribution >= 4 is 0 Å². The maximum atomic E-state index is 9.87. The summed E-state index contributed by atoms with van der Waals surface area (Å²) in [6.45, 7) is 4.21. The molecule has 0 amide bonds. The van der Waals surface area contributed by atoms with Crippen LogP contribution in [0.15, 0.2) is 18.2 Å². The second-order valence-corrected chi connectivity index (χ2v) is 4.95. The predicted octanol–water partition coefficient (Wildman–Crippen LogP) is 4.99. The summed E-state index contributed by atoms with van der Waals surface area (Å²) < 4.78 is 0. The van der Waals surface area contributed by atoms with Gasteiger partial charge in [-0.25, -0.2) is 0 Å². The third kappa shape index (κ3) is 5.25. The van der Waals surface area contributed by atoms with Crippen LogP contribution in [-0.2, 0) is 6.42 Å². The molecule has 0 saturated carbocycles. The van der Waals surface area contributed by atoms with Gasteiger partial charge in [-0.05, 0) is 30.9 Å². The normalized spacial score (nSPS) is 10.7. The average molecular weight is 234 g/mol. The maximum Gasteiger partial charge on any atom is 0.121 e. The molecule has 96 valence electrons. The highest BCUT2D eigenvalue weighted by molar-refractivity contribution is 5.39. The zero-order valence-electron chi connectivity index (χ0n) is 11.3. The Kier molecular flexibility index (Phi) is 6.76. The van der Waals surface area contributed by atoms with Crippen LogP contribution in [0.3, 0.4) is 0 Å². The number of rotatable bonds is 8. The van der Waals surface area contributed by atoms with Gasteiger partial charge in [0.25, 0.3) is 0 Å². The summed E-state index contributed by atoms with van der Waals surface area (Å²) in [6.07, 6.45) is 10.3. The molecule has 0 aliphatic heterocycles. The van der Waals surface area contributed by atoms with Crippen molar-refractivity contribution in [3.8, 4) is 5.75 Å². The lowest BCUT2D eigenvalue weighted by Crippen LogP contribution is -1.89. The number of aryl methyl sites for hydroxylation is 2. The van der Waals surface area contributed by atoms with Crippen LogP contribution in [0.5, 0.6) is 5.75 Å². The Balaban J connectivity index is 2.16. The van der Waals surface area contributed by atoms with E-state index in [2.05, 4.69) is 6.92 Å². The lowest BCUT2D eigenvalue weighted by atomic mass is 10.0. The van der Waals surface area contributed by atoms with E-state index < -0.39 is 0 Å². The predicted molar refractivity (Wildman–Crippen MR) is 74.5 cm³/mol. The Morgan fingerprint density at radius 3 is 2.29 bits per heavy atom. The van der Waals surface area contributed by atoms with Crippen LogP contribution < -0.4 is 0 Å². The molecular formula is C16H26O. The van der Waals surface area contributed by atoms with E-state index in [9.17, 15) is 5.11 Å². The van der Waals surface area contributed by atoms with Gasteiger partial charge >= 0.3 is 0 Å². The fraction of sp³-hybridized carbons (Fsp3) is 0.625. The van der Waals surface area contributed by atoms with Gasteiger partial charge in [0.05, 0.1) is 0 Å². The molecule has 0 aliphatic carbocycles. The van der Waals surface area contributed by atoms with Crippen LogP contribution in [0.2, 0.25) is 0 Å². The first kappa shape index (κ1) is 14.1. The molecule has 0 aromatic heterocycles. The summed E-state index contributed by atoms with van der Waals surface area (Å²) in [7, 11) is 0. The first-order chi connectivity index (χ1) is 8.25. The van der Waals surface area contributed by atoms with Crippen LogP contribution in [-0.4, -0.2) is 5.11 Å². The Bertz CT molecular complexity index is 317. The second kappa shape index (κ2) is 8.16. The first-order valence-electron chi connectivity index (χ1n) is 7.03. The molecule has 0 unspecified atom stereocenters. The van der Waals surface area contributed by atoms with E-state index in [1.54, 1.807) is 0 Å². The largest absolute Gasteiger partial charge is 0.507 e. The maximum absolute atomic E-state index is 9.87. The van der Waals surface area contributed by atoms with E-state index in [1.165, 1.54) is 44.9 Å². The molecular weight excluding hydrogens is 208 g/mol. The fourth-order valence-electron chi connectivity index (χ4n) is 2.19. The smallest absolute Gasteiger partial charge is 0.121 e. The molecule has 1 N–H and O–H groups in total. The fourth-order valence-corrected chi connectivity index (χ4v) is 2.19. The average Bonchev–Trinajstić information content (AvgIpc) is 2.33. The Morgan fingerprint density at radius 2 is 1.59 bits per heavy atom. The molecule has 0 aliphatic rings. The number of phenols is 1. The van der Waals surface area contributed by atoms with Gasteiger partial charge in [0.15, 0.2) is 0 Å². The highest BCUT2D eigenvalue weighted by Gasteiger charge is 2.02. The molecule has 1 aromatic carbocycles. The van der Waals surface area contributed by atoms with E-state index in [1.807, 2.05) is 25.1 Å². The summed E-state index contributed by atoms with van der Waals surface area (Å²) >= 11 is 0. The zero-order chi connectivity index (χ0) is 12.5. The van der Waals surface area contributed by atoms with Crippen LogP contribution in [0.1, 0.15) is 63.0 Å². The molecule has 0 spiro atoms. The van der Waals surface area contributed by atoms with Crippen molar-refractivity contribution in [2.45, 2.75) is 65.2 Å². The lowest BCUT2D eigenvalue weighted by Gasteiger charge is -2.06. The van der Waals surface area contributed by atoms with Crippen molar-refractivity contribution in [1.29, 1.82) is 0 Å². The van der Waals surface area contributed by atoms with Crippen LogP contribution in [0.25, 0.3) is 0 Å². The van der Waals surface area contributed by atoms with Crippen molar-refractivity contribution in [3.63, 3.8) is 0 Å². The molecule has 1 aromatic rings. The minimum atomic E-state index is 0.499. The zero-order valence-corrected chi connectivity index (χ0v) is 11.3. The third-order valence-electron chi connectivity index (χ3n) is 3.37. The monoisotopic (exact) mass is 234 g/mol. The Morgan fingerprint density at radius 1 is 0.941 bits per heavy atom. The lowest BCUT2D eigenvalue weighted by molar-refractivity contribution is 0.461. The van der Waals surface area contributed by atoms with Gasteiger partial charge in [-0.3, -0.25) is 0 Å². The third-order valence-corrected chi connectivity index (χ3v) is 3.37. The topological polar surface area (TPSA) is 20.2 Å². The van der Waals surface area contributed by atoms with E-state index in [0.29, 0.717) is 5.75 Å². The van der Waals surface area contributed by atoms with E-state index in [4.69, 9.17) is 0 Å². The quantitative estimate of drug-likeness (QED) is 0.628. The number of hydrogen-bond acceptors (Lipinski definition) is 1. The highest BCUT2D eigenvalue weighted by atomic mass is 16.3. The molecule has 0 heterocycles. The van der Waals surface area contributed by atoms with Gasteiger partial charge in [0, 0.05) is 0 Å². The summed E-state index contributed by atoms with van der Waals surface area (Å²) in [6, 6.07) is 6.04. The first-order valence-corrected chi connectivity index (χ1v) is 7.03. The SMILES string of the molecule is CCCCCCCCCc1cccc(C)c1O. The number of hydrogen-bond donors (Lipinski definition) is 1. The van der Waals surface area contributed by atoms with Gasteiger partial charge in [0.2, 0.25) is 0 Å². The van der Waals surface area contributed by atoms with Crippen LogP contribution in [0, 0.1) is 6.92 Å². The molecule has 1 rings (SSSR count). The molecule has 17 heavy (non-hydrogen) atoms. The van der Waals surface area contributed by atoms with Crippen molar-refractivity contribution in [3.05, 3.63) is 29.3 Å². The van der Waals surface area contributed by atoms with Gasteiger partial charge in [-0.15, -0.1) is 0 Å². The molecule has 1 heteroatoms. The van der Waals surface area contributed by atoms with Gasteiger partial charge in [-0.2, -0.15) is 0 Å². The summed E-state index contributed by atoms with van der Waals surface area (Å²) in [5, 5.41) is 9.87. The summed E-state index contributed by atoms with van der Waals surface area (Å²) in [5.41, 5.74) is 2.10. The van der Waals surface area contributed by atoms with Crippen molar-refractivity contribution in [2.24, 2.45) is 0 Å². The minimum Gasteiger partial charge on any atom is -0.507 e. The Hall–Kier alpha value is -0.980. The molecule has 0 fully saturated rings. The van der Waals surface area contributed by atoms with Crippen molar-refractivity contribution < 1.29 is 5.11 Å². The molecule has 0 saturated heterocycles. The minimum absolute atomic E-state index is 0.499. The second-order valence-electron chi connectivity index (χ2n) is 4.95. The van der Waals surface area contributed by atoms with Crippen molar-refractivity contribution in [2.75, 3.05) is 0 Å². The highest BCUT2D eigenvalue weighted by Crippen LogP contribution is 2.23. The van der Waals surface area contributed by atoms with E-state index >= 15 is 0 Å². The number of aromatic hydroxyl groups is 1. The van der Waals surface area contributed by atoms with Crippen LogP contribution >= 0.6 is 0 Å². The summed E-state index contributed by atoms with van der Waals surface area (Å²) in [4.78, 5) is 0.